The molecule has 0 saturated carbocycles. The Balaban J connectivity index is 2.52. The van der Waals surface area contributed by atoms with Crippen LogP contribution in [0.3, 0.4) is 0 Å². The highest BCUT2D eigenvalue weighted by Gasteiger charge is 2.26. The molecule has 134 valence electrons. The normalized spacial score (nSPS) is 20.0. The van der Waals surface area contributed by atoms with Gasteiger partial charge in [0.2, 0.25) is 0 Å². The van der Waals surface area contributed by atoms with E-state index in [1.807, 2.05) is 6.08 Å². The summed E-state index contributed by atoms with van der Waals surface area (Å²) < 4.78 is 4.82. The highest BCUT2D eigenvalue weighted by atomic mass is 16.5. The van der Waals surface area contributed by atoms with Gasteiger partial charge in [-0.3, -0.25) is 4.79 Å². The summed E-state index contributed by atoms with van der Waals surface area (Å²) in [5, 5.41) is 0. The van der Waals surface area contributed by atoms with Gasteiger partial charge in [0, 0.05) is 6.92 Å². The van der Waals surface area contributed by atoms with Crippen LogP contribution in [0.1, 0.15) is 73.6 Å². The Morgan fingerprint density at radius 2 is 2.04 bits per heavy atom. The lowest BCUT2D eigenvalue weighted by Crippen LogP contribution is -2.19. The molecular formula is C22H34O2. The maximum atomic E-state index is 10.7. The number of rotatable bonds is 7. The number of carbonyl (C=O) groups is 1. The molecule has 0 aromatic rings. The molecule has 0 spiro atoms. The van der Waals surface area contributed by atoms with Crippen LogP contribution < -0.4 is 0 Å². The second-order valence-corrected chi connectivity index (χ2v) is 7.71. The van der Waals surface area contributed by atoms with Crippen LogP contribution in [0, 0.1) is 11.3 Å². The average molecular weight is 331 g/mol. The summed E-state index contributed by atoms with van der Waals surface area (Å²) in [4.78, 5) is 10.7. The highest BCUT2D eigenvalue weighted by Crippen LogP contribution is 2.40. The predicted molar refractivity (Wildman–Crippen MR) is 103 cm³/mol. The van der Waals surface area contributed by atoms with Gasteiger partial charge in [-0.1, -0.05) is 50.1 Å². The molecule has 0 radical (unpaired) electrons. The van der Waals surface area contributed by atoms with Crippen molar-refractivity contribution in [3.63, 3.8) is 0 Å². The lowest BCUT2D eigenvalue weighted by atomic mass is 9.72. The topological polar surface area (TPSA) is 26.3 Å². The Kier molecular flexibility index (Phi) is 8.24. The molecule has 0 N–H and O–H groups in total. The number of carbonyl (C=O) groups excluding carboxylic acids is 1. The van der Waals surface area contributed by atoms with Gasteiger partial charge in [0.25, 0.3) is 0 Å². The van der Waals surface area contributed by atoms with Crippen molar-refractivity contribution in [1.29, 1.82) is 0 Å². The SMILES string of the molecule is CC(=O)O/C=C/[C@@H](C)CC/C=C(C)/C=C/C1=C(C)CCCC1(C)C. The predicted octanol–water partition coefficient (Wildman–Crippen LogP) is 6.51. The lowest BCUT2D eigenvalue weighted by molar-refractivity contribution is -0.135. The van der Waals surface area contributed by atoms with Crippen molar-refractivity contribution in [2.45, 2.75) is 73.6 Å². The van der Waals surface area contributed by atoms with Crippen molar-refractivity contribution < 1.29 is 9.53 Å². The van der Waals surface area contributed by atoms with E-state index in [9.17, 15) is 4.79 Å². The van der Waals surface area contributed by atoms with Crippen LogP contribution in [-0.4, -0.2) is 5.97 Å². The molecule has 1 aliphatic rings. The lowest BCUT2D eigenvalue weighted by Gasteiger charge is -2.32. The minimum Gasteiger partial charge on any atom is -0.435 e. The zero-order valence-corrected chi connectivity index (χ0v) is 16.3. The number of hydrogen-bond donors (Lipinski definition) is 0. The molecule has 0 aromatic carbocycles. The van der Waals surface area contributed by atoms with Gasteiger partial charge in [0.05, 0.1) is 6.26 Å². The Morgan fingerprint density at radius 1 is 1.33 bits per heavy atom. The van der Waals surface area contributed by atoms with Crippen LogP contribution in [0.15, 0.2) is 47.3 Å². The third kappa shape index (κ3) is 7.33. The van der Waals surface area contributed by atoms with E-state index in [-0.39, 0.29) is 5.97 Å². The quantitative estimate of drug-likeness (QED) is 0.302. The maximum absolute atomic E-state index is 10.7. The molecule has 0 unspecified atom stereocenters. The van der Waals surface area contributed by atoms with Gasteiger partial charge in [0.15, 0.2) is 0 Å². The minimum absolute atomic E-state index is 0.269. The van der Waals surface area contributed by atoms with E-state index in [0.717, 1.165) is 12.8 Å². The van der Waals surface area contributed by atoms with Gasteiger partial charge in [-0.05, 0) is 68.9 Å². The van der Waals surface area contributed by atoms with E-state index in [2.05, 4.69) is 52.8 Å². The monoisotopic (exact) mass is 330 g/mol. The summed E-state index contributed by atoms with van der Waals surface area (Å²) in [5.41, 5.74) is 4.67. The number of esters is 1. The zero-order valence-electron chi connectivity index (χ0n) is 16.3. The van der Waals surface area contributed by atoms with Crippen molar-refractivity contribution in [2.75, 3.05) is 0 Å². The molecule has 0 aromatic heterocycles. The summed E-state index contributed by atoms with van der Waals surface area (Å²) in [6, 6.07) is 0. The van der Waals surface area contributed by atoms with E-state index < -0.39 is 0 Å². The molecule has 0 aliphatic heterocycles. The van der Waals surface area contributed by atoms with Gasteiger partial charge in [0.1, 0.15) is 0 Å². The first-order chi connectivity index (χ1) is 11.2. The van der Waals surface area contributed by atoms with Crippen LogP contribution in [-0.2, 0) is 9.53 Å². The average Bonchev–Trinajstić information content (AvgIpc) is 2.45. The van der Waals surface area contributed by atoms with Crippen molar-refractivity contribution in [3.8, 4) is 0 Å². The third-order valence-electron chi connectivity index (χ3n) is 4.78. The van der Waals surface area contributed by atoms with Crippen molar-refractivity contribution >= 4 is 5.97 Å². The molecule has 24 heavy (non-hydrogen) atoms. The van der Waals surface area contributed by atoms with Gasteiger partial charge in [-0.25, -0.2) is 0 Å². The summed E-state index contributed by atoms with van der Waals surface area (Å²) >= 11 is 0. The highest BCUT2D eigenvalue weighted by molar-refractivity contribution is 5.66. The fraction of sp³-hybridized carbons (Fsp3) is 0.591. The first-order valence-electron chi connectivity index (χ1n) is 9.11. The van der Waals surface area contributed by atoms with Gasteiger partial charge in [-0.2, -0.15) is 0 Å². The second kappa shape index (κ2) is 9.66. The number of allylic oxidation sites excluding steroid dienone is 7. The fourth-order valence-electron chi connectivity index (χ4n) is 3.23. The summed E-state index contributed by atoms with van der Waals surface area (Å²) in [6.45, 7) is 12.7. The molecule has 0 bridgehead atoms. The molecule has 2 heteroatoms. The molecule has 2 nitrogen and oxygen atoms in total. The first-order valence-corrected chi connectivity index (χ1v) is 9.11. The van der Waals surface area contributed by atoms with Crippen molar-refractivity contribution in [3.05, 3.63) is 47.3 Å². The van der Waals surface area contributed by atoms with Crippen LogP contribution in [0.2, 0.25) is 0 Å². The molecule has 0 saturated heterocycles. The van der Waals surface area contributed by atoms with Crippen LogP contribution >= 0.6 is 0 Å². The summed E-state index contributed by atoms with van der Waals surface area (Å²) in [5.74, 6) is 0.133. The molecule has 0 amide bonds. The molecule has 0 fully saturated rings. The molecule has 0 heterocycles. The van der Waals surface area contributed by atoms with E-state index in [4.69, 9.17) is 4.74 Å². The smallest absolute Gasteiger partial charge is 0.307 e. The molecule has 1 rings (SSSR count). The summed E-state index contributed by atoms with van der Waals surface area (Å²) in [6.07, 6.45) is 16.2. The third-order valence-corrected chi connectivity index (χ3v) is 4.78. The minimum atomic E-state index is -0.269. The Hall–Kier alpha value is -1.57. The number of hydrogen-bond acceptors (Lipinski definition) is 2. The zero-order chi connectivity index (χ0) is 18.2. The number of ether oxygens (including phenoxy) is 1. The summed E-state index contributed by atoms with van der Waals surface area (Å²) in [7, 11) is 0. The molecule has 1 atom stereocenters. The van der Waals surface area contributed by atoms with E-state index in [1.165, 1.54) is 43.6 Å². The molecular weight excluding hydrogens is 296 g/mol. The van der Waals surface area contributed by atoms with Crippen LogP contribution in [0.4, 0.5) is 0 Å². The van der Waals surface area contributed by atoms with Crippen molar-refractivity contribution in [2.24, 2.45) is 11.3 Å². The Bertz CT molecular complexity index is 544. The second-order valence-electron chi connectivity index (χ2n) is 7.71. The van der Waals surface area contributed by atoms with E-state index >= 15 is 0 Å². The fourth-order valence-corrected chi connectivity index (χ4v) is 3.23. The largest absolute Gasteiger partial charge is 0.435 e. The van der Waals surface area contributed by atoms with Crippen LogP contribution in [0.25, 0.3) is 0 Å². The maximum Gasteiger partial charge on any atom is 0.307 e. The van der Waals surface area contributed by atoms with Gasteiger partial charge >= 0.3 is 5.97 Å². The van der Waals surface area contributed by atoms with Crippen molar-refractivity contribution in [1.82, 2.24) is 0 Å². The van der Waals surface area contributed by atoms with Crippen LogP contribution in [0.5, 0.6) is 0 Å². The van der Waals surface area contributed by atoms with Gasteiger partial charge < -0.3 is 4.74 Å². The van der Waals surface area contributed by atoms with Gasteiger partial charge in [-0.15, -0.1) is 0 Å². The molecule has 1 aliphatic carbocycles. The van der Waals surface area contributed by atoms with E-state index in [0.29, 0.717) is 11.3 Å². The first kappa shape index (κ1) is 20.5. The van der Waals surface area contributed by atoms with E-state index in [1.54, 1.807) is 5.57 Å². The Labute approximate surface area is 148 Å². The Morgan fingerprint density at radius 3 is 2.67 bits per heavy atom. The standard InChI is InChI=1S/C22H34O2/c1-17(9-7-10-18(2)14-16-24-20(4)23)12-13-21-19(3)11-8-15-22(21,5)6/h9,12-14,16,18H,7-8,10-11,15H2,1-6H3/b13-12+,16-14+,17-9+/t18-/m0/s1.